The van der Waals surface area contributed by atoms with E-state index in [0.717, 1.165) is 12.0 Å². The predicted molar refractivity (Wildman–Crippen MR) is 60.8 cm³/mol. The number of amides is 1. The van der Waals surface area contributed by atoms with Crippen molar-refractivity contribution < 1.29 is 4.79 Å². The molecule has 0 saturated heterocycles. The molecule has 1 aromatic rings. The quantitative estimate of drug-likeness (QED) is 0.749. The molecule has 15 heavy (non-hydrogen) atoms. The molecule has 1 aromatic carbocycles. The minimum absolute atomic E-state index is 0.0899. The summed E-state index contributed by atoms with van der Waals surface area (Å²) >= 11 is 0. The van der Waals surface area contributed by atoms with Gasteiger partial charge in [-0.25, -0.2) is 0 Å². The van der Waals surface area contributed by atoms with Gasteiger partial charge in [-0.1, -0.05) is 44.4 Å². The highest BCUT2D eigenvalue weighted by Crippen LogP contribution is 2.28. The molecule has 0 saturated carbocycles. The molecule has 2 rings (SSSR count). The van der Waals surface area contributed by atoms with Gasteiger partial charge in [-0.2, -0.15) is 0 Å². The van der Waals surface area contributed by atoms with Gasteiger partial charge in [0.1, 0.15) is 0 Å². The molecule has 0 fully saturated rings. The normalized spacial score (nSPS) is 18.7. The molecule has 0 radical (unpaired) electrons. The highest BCUT2D eigenvalue weighted by molar-refractivity contribution is 5.99. The number of nitrogens with one attached hydrogen (secondary N) is 1. The Kier molecular flexibility index (Phi) is 3.05. The second-order valence-electron chi connectivity index (χ2n) is 4.11. The monoisotopic (exact) mass is 203 g/mol. The van der Waals surface area contributed by atoms with Gasteiger partial charge in [0.25, 0.3) is 5.91 Å². The van der Waals surface area contributed by atoms with Crippen LogP contribution in [0.4, 0.5) is 0 Å². The smallest absolute Gasteiger partial charge is 0.252 e. The summed E-state index contributed by atoms with van der Waals surface area (Å²) in [6.45, 7) is 2.20. The summed E-state index contributed by atoms with van der Waals surface area (Å²) in [5.74, 6) is 0.0899. The maximum Gasteiger partial charge on any atom is 0.252 e. The van der Waals surface area contributed by atoms with Crippen molar-refractivity contribution in [3.63, 3.8) is 0 Å². The van der Waals surface area contributed by atoms with E-state index in [9.17, 15) is 4.79 Å². The molecule has 1 aliphatic rings. The van der Waals surface area contributed by atoms with Crippen molar-refractivity contribution in [3.8, 4) is 0 Å². The number of carbonyl (C=O) groups excluding carboxylic acids is 1. The van der Waals surface area contributed by atoms with Crippen LogP contribution in [-0.2, 0) is 0 Å². The second kappa shape index (κ2) is 4.47. The first-order valence-corrected chi connectivity index (χ1v) is 5.72. The minimum atomic E-state index is 0.0899. The van der Waals surface area contributed by atoms with Gasteiger partial charge in [0, 0.05) is 5.56 Å². The molecule has 2 nitrogen and oxygen atoms in total. The van der Waals surface area contributed by atoms with E-state index in [4.69, 9.17) is 0 Å². The summed E-state index contributed by atoms with van der Waals surface area (Å²) in [4.78, 5) is 11.6. The molecule has 1 aliphatic heterocycles. The Morgan fingerprint density at radius 1 is 1.27 bits per heavy atom. The van der Waals surface area contributed by atoms with Gasteiger partial charge in [-0.05, 0) is 18.1 Å². The molecule has 2 heteroatoms. The Labute approximate surface area is 90.7 Å². The lowest BCUT2D eigenvalue weighted by Gasteiger charge is -2.10. The van der Waals surface area contributed by atoms with E-state index in [1.165, 1.54) is 24.8 Å². The number of benzene rings is 1. The molecule has 0 spiro atoms. The molecule has 1 atom stereocenters. The van der Waals surface area contributed by atoms with E-state index in [1.54, 1.807) is 0 Å². The standard InChI is InChI=1S/C13H17NO/c1-2-3-4-9-12-10-7-5-6-8-11(10)13(15)14-12/h5-8,12H,2-4,9H2,1H3,(H,14,15). The Morgan fingerprint density at radius 3 is 2.87 bits per heavy atom. The van der Waals surface area contributed by atoms with Gasteiger partial charge in [-0.15, -0.1) is 0 Å². The van der Waals surface area contributed by atoms with Crippen LogP contribution in [0.25, 0.3) is 0 Å². The van der Waals surface area contributed by atoms with E-state index in [-0.39, 0.29) is 11.9 Å². The molecule has 0 aromatic heterocycles. The van der Waals surface area contributed by atoms with Crippen LogP contribution in [-0.4, -0.2) is 5.91 Å². The Morgan fingerprint density at radius 2 is 2.07 bits per heavy atom. The van der Waals surface area contributed by atoms with Crippen molar-refractivity contribution in [1.82, 2.24) is 5.32 Å². The van der Waals surface area contributed by atoms with Gasteiger partial charge in [-0.3, -0.25) is 4.79 Å². The molecule has 1 heterocycles. The van der Waals surface area contributed by atoms with Crippen molar-refractivity contribution in [3.05, 3.63) is 35.4 Å². The number of fused-ring (bicyclic) bond motifs is 1. The maximum atomic E-state index is 11.6. The molecule has 1 amide bonds. The fraction of sp³-hybridized carbons (Fsp3) is 0.462. The molecule has 80 valence electrons. The fourth-order valence-electron chi connectivity index (χ4n) is 2.15. The zero-order chi connectivity index (χ0) is 10.7. The summed E-state index contributed by atoms with van der Waals surface area (Å²) in [6, 6.07) is 8.15. The third-order valence-electron chi connectivity index (χ3n) is 2.98. The number of carbonyl (C=O) groups is 1. The lowest BCUT2D eigenvalue weighted by molar-refractivity contribution is 0.0954. The Bertz CT molecular complexity index is 359. The molecule has 0 aliphatic carbocycles. The van der Waals surface area contributed by atoms with Crippen molar-refractivity contribution in [2.75, 3.05) is 0 Å². The van der Waals surface area contributed by atoms with Gasteiger partial charge < -0.3 is 5.32 Å². The van der Waals surface area contributed by atoms with Crippen molar-refractivity contribution in [1.29, 1.82) is 0 Å². The fourth-order valence-corrected chi connectivity index (χ4v) is 2.15. The van der Waals surface area contributed by atoms with Crippen LogP contribution in [0.2, 0.25) is 0 Å². The van der Waals surface area contributed by atoms with Crippen LogP contribution in [0.3, 0.4) is 0 Å². The van der Waals surface area contributed by atoms with Gasteiger partial charge in [0.2, 0.25) is 0 Å². The summed E-state index contributed by atoms with van der Waals surface area (Å²) in [6.07, 6.45) is 4.73. The van der Waals surface area contributed by atoms with Crippen LogP contribution in [0.5, 0.6) is 0 Å². The first-order chi connectivity index (χ1) is 7.33. The molecular weight excluding hydrogens is 186 g/mol. The number of hydrogen-bond donors (Lipinski definition) is 1. The second-order valence-corrected chi connectivity index (χ2v) is 4.11. The first kappa shape index (κ1) is 10.2. The van der Waals surface area contributed by atoms with E-state index in [1.807, 2.05) is 18.2 Å². The van der Waals surface area contributed by atoms with Gasteiger partial charge >= 0.3 is 0 Å². The van der Waals surface area contributed by atoms with Gasteiger partial charge in [0.05, 0.1) is 6.04 Å². The summed E-state index contributed by atoms with van der Waals surface area (Å²) in [7, 11) is 0. The first-order valence-electron chi connectivity index (χ1n) is 5.72. The van der Waals surface area contributed by atoms with Crippen molar-refractivity contribution >= 4 is 5.91 Å². The number of hydrogen-bond acceptors (Lipinski definition) is 1. The molecule has 0 bridgehead atoms. The summed E-state index contributed by atoms with van der Waals surface area (Å²) in [5.41, 5.74) is 2.04. The van der Waals surface area contributed by atoms with E-state index < -0.39 is 0 Å². The van der Waals surface area contributed by atoms with Crippen LogP contribution < -0.4 is 5.32 Å². The third-order valence-corrected chi connectivity index (χ3v) is 2.98. The van der Waals surface area contributed by atoms with Crippen LogP contribution in [0, 0.1) is 0 Å². The van der Waals surface area contributed by atoms with Crippen molar-refractivity contribution in [2.45, 2.75) is 38.6 Å². The highest BCUT2D eigenvalue weighted by atomic mass is 16.2. The van der Waals surface area contributed by atoms with E-state index in [2.05, 4.69) is 18.3 Å². The Hall–Kier alpha value is -1.31. The largest absolute Gasteiger partial charge is 0.345 e. The van der Waals surface area contributed by atoms with E-state index >= 15 is 0 Å². The lowest BCUT2D eigenvalue weighted by atomic mass is 10.0. The Balaban J connectivity index is 2.08. The lowest BCUT2D eigenvalue weighted by Crippen LogP contribution is -2.18. The van der Waals surface area contributed by atoms with Crippen molar-refractivity contribution in [2.24, 2.45) is 0 Å². The van der Waals surface area contributed by atoms with E-state index in [0.29, 0.717) is 0 Å². The average Bonchev–Trinajstić information content (AvgIpc) is 2.58. The zero-order valence-electron chi connectivity index (χ0n) is 9.12. The number of unbranched alkanes of at least 4 members (excludes halogenated alkanes) is 2. The predicted octanol–water partition coefficient (Wildman–Crippen LogP) is 3.05. The highest BCUT2D eigenvalue weighted by Gasteiger charge is 2.26. The van der Waals surface area contributed by atoms with Crippen LogP contribution in [0.1, 0.15) is 54.6 Å². The maximum absolute atomic E-state index is 11.6. The van der Waals surface area contributed by atoms with Gasteiger partial charge in [0.15, 0.2) is 0 Å². The average molecular weight is 203 g/mol. The molecular formula is C13H17NO. The summed E-state index contributed by atoms with van der Waals surface area (Å²) in [5, 5.41) is 3.04. The van der Waals surface area contributed by atoms with Crippen LogP contribution >= 0.6 is 0 Å². The SMILES string of the molecule is CCCCCC1NC(=O)c2ccccc21. The van der Waals surface area contributed by atoms with Crippen LogP contribution in [0.15, 0.2) is 24.3 Å². The summed E-state index contributed by atoms with van der Waals surface area (Å²) < 4.78 is 0. The molecule has 1 unspecified atom stereocenters. The zero-order valence-corrected chi connectivity index (χ0v) is 9.12. The third kappa shape index (κ3) is 2.04. The topological polar surface area (TPSA) is 29.1 Å². The molecule has 1 N–H and O–H groups in total. The minimum Gasteiger partial charge on any atom is -0.345 e. The number of rotatable bonds is 4.